The lowest BCUT2D eigenvalue weighted by Crippen LogP contribution is -2.38. The third kappa shape index (κ3) is 6.70. The van der Waals surface area contributed by atoms with E-state index in [0.29, 0.717) is 12.5 Å². The van der Waals surface area contributed by atoms with E-state index in [1.165, 1.54) is 0 Å². The fourth-order valence-corrected chi connectivity index (χ4v) is 1.65. The zero-order chi connectivity index (χ0) is 14.1. The van der Waals surface area contributed by atoms with Crippen LogP contribution in [-0.4, -0.2) is 24.2 Å². The molecule has 0 fully saturated rings. The maximum absolute atomic E-state index is 9.40. The van der Waals surface area contributed by atoms with Crippen LogP contribution >= 0.6 is 0 Å². The molecule has 3 N–H and O–H groups in total. The largest absolute Gasteiger partial charge is 0.508 e. The van der Waals surface area contributed by atoms with Gasteiger partial charge in [-0.1, -0.05) is 26.0 Å². The lowest BCUT2D eigenvalue weighted by Gasteiger charge is -2.12. The van der Waals surface area contributed by atoms with Crippen molar-refractivity contribution in [3.8, 4) is 5.75 Å². The third-order valence-electron chi connectivity index (χ3n) is 2.69. The smallest absolute Gasteiger partial charge is 0.191 e. The molecule has 19 heavy (non-hydrogen) atoms. The molecular formula is C15H25N3O. The minimum atomic E-state index is 0.283. The first kappa shape index (κ1) is 15.3. The summed E-state index contributed by atoms with van der Waals surface area (Å²) in [4.78, 5) is 4.50. The molecule has 0 aliphatic carbocycles. The first-order valence-corrected chi connectivity index (χ1v) is 6.92. The van der Waals surface area contributed by atoms with Crippen LogP contribution in [0.15, 0.2) is 29.3 Å². The number of aliphatic imine (C=N–C) groups is 1. The number of hydrogen-bond acceptors (Lipinski definition) is 2. The van der Waals surface area contributed by atoms with Gasteiger partial charge in [0.05, 0.1) is 6.54 Å². The summed E-state index contributed by atoms with van der Waals surface area (Å²) < 4.78 is 0. The van der Waals surface area contributed by atoms with E-state index in [4.69, 9.17) is 0 Å². The predicted molar refractivity (Wildman–Crippen MR) is 80.4 cm³/mol. The summed E-state index contributed by atoms with van der Waals surface area (Å²) in [7, 11) is 0. The second kappa shape index (κ2) is 8.40. The quantitative estimate of drug-likeness (QED) is 0.546. The highest BCUT2D eigenvalue weighted by Crippen LogP contribution is 2.11. The van der Waals surface area contributed by atoms with Crippen LogP contribution in [0.1, 0.15) is 32.8 Å². The SMILES string of the molecule is CCNC(=NCc1cccc(O)c1)NCCC(C)C. The molecule has 0 amide bonds. The normalized spacial score (nSPS) is 11.7. The summed E-state index contributed by atoms with van der Waals surface area (Å²) in [5.74, 6) is 1.79. The van der Waals surface area contributed by atoms with Crippen molar-refractivity contribution < 1.29 is 5.11 Å². The van der Waals surface area contributed by atoms with E-state index in [1.54, 1.807) is 12.1 Å². The number of rotatable bonds is 6. The van der Waals surface area contributed by atoms with Gasteiger partial charge in [0.25, 0.3) is 0 Å². The Balaban J connectivity index is 2.52. The van der Waals surface area contributed by atoms with E-state index in [-0.39, 0.29) is 5.75 Å². The van der Waals surface area contributed by atoms with Crippen molar-refractivity contribution in [1.29, 1.82) is 0 Å². The number of benzene rings is 1. The summed E-state index contributed by atoms with van der Waals surface area (Å²) in [6.45, 7) is 8.79. The average Bonchev–Trinajstić information content (AvgIpc) is 2.35. The van der Waals surface area contributed by atoms with Crippen LogP contribution in [0.2, 0.25) is 0 Å². The number of nitrogens with zero attached hydrogens (tertiary/aromatic N) is 1. The summed E-state index contributed by atoms with van der Waals surface area (Å²) in [5.41, 5.74) is 1.00. The Morgan fingerprint density at radius 3 is 2.74 bits per heavy atom. The molecule has 0 aromatic heterocycles. The van der Waals surface area contributed by atoms with Crippen LogP contribution in [0.4, 0.5) is 0 Å². The molecule has 0 unspecified atom stereocenters. The van der Waals surface area contributed by atoms with Crippen LogP contribution in [0.25, 0.3) is 0 Å². The highest BCUT2D eigenvalue weighted by atomic mass is 16.3. The Kier molecular flexibility index (Phi) is 6.79. The van der Waals surface area contributed by atoms with Gasteiger partial charge in [-0.05, 0) is 37.0 Å². The summed E-state index contributed by atoms with van der Waals surface area (Å²) >= 11 is 0. The Morgan fingerprint density at radius 2 is 2.11 bits per heavy atom. The Morgan fingerprint density at radius 1 is 1.32 bits per heavy atom. The van der Waals surface area contributed by atoms with Crippen LogP contribution in [0.3, 0.4) is 0 Å². The maximum atomic E-state index is 9.40. The summed E-state index contributed by atoms with van der Waals surface area (Å²) in [5, 5.41) is 15.9. The number of phenolic OH excluding ortho intramolecular Hbond substituents is 1. The Hall–Kier alpha value is -1.71. The van der Waals surface area contributed by atoms with E-state index in [9.17, 15) is 5.11 Å². The molecule has 0 aliphatic rings. The fraction of sp³-hybridized carbons (Fsp3) is 0.533. The van der Waals surface area contributed by atoms with E-state index in [0.717, 1.165) is 31.0 Å². The van der Waals surface area contributed by atoms with Gasteiger partial charge in [-0.2, -0.15) is 0 Å². The highest BCUT2D eigenvalue weighted by Gasteiger charge is 1.99. The van der Waals surface area contributed by atoms with E-state index in [2.05, 4.69) is 29.5 Å². The molecule has 0 bridgehead atoms. The molecule has 1 aromatic carbocycles. The average molecular weight is 263 g/mol. The fourth-order valence-electron chi connectivity index (χ4n) is 1.65. The van der Waals surface area contributed by atoms with Crippen molar-refractivity contribution in [2.24, 2.45) is 10.9 Å². The van der Waals surface area contributed by atoms with Gasteiger partial charge in [0.15, 0.2) is 5.96 Å². The molecule has 0 atom stereocenters. The minimum absolute atomic E-state index is 0.283. The van der Waals surface area contributed by atoms with Crippen molar-refractivity contribution in [2.75, 3.05) is 13.1 Å². The monoisotopic (exact) mass is 263 g/mol. The first-order chi connectivity index (χ1) is 9.11. The zero-order valence-corrected chi connectivity index (χ0v) is 12.1. The minimum Gasteiger partial charge on any atom is -0.508 e. The second-order valence-corrected chi connectivity index (χ2v) is 4.97. The van der Waals surface area contributed by atoms with Gasteiger partial charge in [0, 0.05) is 13.1 Å². The molecular weight excluding hydrogens is 238 g/mol. The standard InChI is InChI=1S/C15H25N3O/c1-4-16-15(17-9-8-12(2)3)18-11-13-6-5-7-14(19)10-13/h5-7,10,12,19H,4,8-9,11H2,1-3H3,(H2,16,17,18). The van der Waals surface area contributed by atoms with Crippen molar-refractivity contribution in [2.45, 2.75) is 33.7 Å². The topological polar surface area (TPSA) is 56.7 Å². The van der Waals surface area contributed by atoms with Crippen LogP contribution in [-0.2, 0) is 6.54 Å². The van der Waals surface area contributed by atoms with Crippen molar-refractivity contribution in [1.82, 2.24) is 10.6 Å². The van der Waals surface area contributed by atoms with Crippen molar-refractivity contribution >= 4 is 5.96 Å². The lowest BCUT2D eigenvalue weighted by atomic mass is 10.1. The van der Waals surface area contributed by atoms with E-state index >= 15 is 0 Å². The first-order valence-electron chi connectivity index (χ1n) is 6.92. The van der Waals surface area contributed by atoms with Gasteiger partial charge in [0.2, 0.25) is 0 Å². The molecule has 106 valence electrons. The molecule has 0 saturated heterocycles. The van der Waals surface area contributed by atoms with E-state index < -0.39 is 0 Å². The van der Waals surface area contributed by atoms with Crippen molar-refractivity contribution in [3.05, 3.63) is 29.8 Å². The van der Waals surface area contributed by atoms with Crippen LogP contribution in [0.5, 0.6) is 5.75 Å². The summed E-state index contributed by atoms with van der Waals surface area (Å²) in [6, 6.07) is 7.20. The molecule has 4 nitrogen and oxygen atoms in total. The molecule has 1 rings (SSSR count). The molecule has 0 spiro atoms. The molecule has 0 saturated carbocycles. The lowest BCUT2D eigenvalue weighted by molar-refractivity contribution is 0.474. The molecule has 0 radical (unpaired) electrons. The van der Waals surface area contributed by atoms with Gasteiger partial charge in [0.1, 0.15) is 5.75 Å². The van der Waals surface area contributed by atoms with Gasteiger partial charge < -0.3 is 15.7 Å². The van der Waals surface area contributed by atoms with Crippen LogP contribution in [0, 0.1) is 5.92 Å². The Bertz CT molecular complexity index is 402. The van der Waals surface area contributed by atoms with Gasteiger partial charge in [-0.3, -0.25) is 0 Å². The number of nitrogens with one attached hydrogen (secondary N) is 2. The zero-order valence-electron chi connectivity index (χ0n) is 12.1. The second-order valence-electron chi connectivity index (χ2n) is 4.97. The maximum Gasteiger partial charge on any atom is 0.191 e. The van der Waals surface area contributed by atoms with Gasteiger partial charge in [-0.25, -0.2) is 4.99 Å². The number of guanidine groups is 1. The molecule has 0 heterocycles. The molecule has 0 aliphatic heterocycles. The van der Waals surface area contributed by atoms with Gasteiger partial charge >= 0.3 is 0 Å². The Labute approximate surface area is 116 Å². The number of hydrogen-bond donors (Lipinski definition) is 3. The number of aromatic hydroxyl groups is 1. The highest BCUT2D eigenvalue weighted by molar-refractivity contribution is 5.79. The van der Waals surface area contributed by atoms with Crippen LogP contribution < -0.4 is 10.6 Å². The van der Waals surface area contributed by atoms with Gasteiger partial charge in [-0.15, -0.1) is 0 Å². The summed E-state index contributed by atoms with van der Waals surface area (Å²) in [6.07, 6.45) is 1.12. The third-order valence-corrected chi connectivity index (χ3v) is 2.69. The van der Waals surface area contributed by atoms with E-state index in [1.807, 2.05) is 19.1 Å². The van der Waals surface area contributed by atoms with Crippen molar-refractivity contribution in [3.63, 3.8) is 0 Å². The number of phenols is 1. The molecule has 4 heteroatoms. The molecule has 1 aromatic rings. The predicted octanol–water partition coefficient (Wildman–Crippen LogP) is 2.49.